The number of ether oxygens (including phenoxy) is 1. The van der Waals surface area contributed by atoms with Gasteiger partial charge in [0, 0.05) is 44.9 Å². The summed E-state index contributed by atoms with van der Waals surface area (Å²) in [6.07, 6.45) is 2.36. The molecule has 0 bridgehead atoms. The molecule has 1 N–H and O–H groups in total. The van der Waals surface area contributed by atoms with Gasteiger partial charge in [0.1, 0.15) is 0 Å². The molecule has 0 spiro atoms. The van der Waals surface area contributed by atoms with Crippen LogP contribution in [-0.2, 0) is 4.74 Å². The van der Waals surface area contributed by atoms with Gasteiger partial charge in [-0.05, 0) is 12.8 Å². The van der Waals surface area contributed by atoms with Crippen molar-refractivity contribution in [2.45, 2.75) is 18.9 Å². The second kappa shape index (κ2) is 3.73. The Kier molecular flexibility index (Phi) is 2.63. The molecule has 0 atom stereocenters. The molecule has 2 aliphatic heterocycles. The first-order valence-electron chi connectivity index (χ1n) is 4.83. The fourth-order valence-electron chi connectivity index (χ4n) is 2.07. The highest BCUT2D eigenvalue weighted by Crippen LogP contribution is 2.23. The van der Waals surface area contributed by atoms with E-state index >= 15 is 0 Å². The molecule has 2 fully saturated rings. The number of likely N-dealkylation sites (tertiary alicyclic amines) is 1. The second-order valence-corrected chi connectivity index (χ2v) is 3.85. The van der Waals surface area contributed by atoms with Crippen molar-refractivity contribution >= 4 is 0 Å². The van der Waals surface area contributed by atoms with Gasteiger partial charge in [0.15, 0.2) is 0 Å². The first-order chi connectivity index (χ1) is 5.90. The third kappa shape index (κ3) is 1.63. The molecule has 0 unspecified atom stereocenters. The van der Waals surface area contributed by atoms with Crippen LogP contribution in [0.4, 0.5) is 0 Å². The van der Waals surface area contributed by atoms with Gasteiger partial charge in [-0.15, -0.1) is 0 Å². The number of hydrogen-bond donors (Lipinski definition) is 1. The molecule has 0 amide bonds. The van der Waals surface area contributed by atoms with Crippen molar-refractivity contribution in [3.8, 4) is 0 Å². The Morgan fingerprint density at radius 1 is 1.25 bits per heavy atom. The molecule has 0 aromatic rings. The van der Waals surface area contributed by atoms with E-state index in [1.807, 2.05) is 0 Å². The first kappa shape index (κ1) is 8.48. The van der Waals surface area contributed by atoms with Crippen molar-refractivity contribution in [2.24, 2.45) is 5.92 Å². The lowest BCUT2D eigenvalue weighted by Crippen LogP contribution is -2.54. The van der Waals surface area contributed by atoms with Crippen LogP contribution in [0.2, 0.25) is 0 Å². The molecule has 70 valence electrons. The van der Waals surface area contributed by atoms with E-state index in [1.54, 1.807) is 0 Å². The number of hydrogen-bond acceptors (Lipinski definition) is 3. The predicted molar refractivity (Wildman–Crippen MR) is 46.0 cm³/mol. The van der Waals surface area contributed by atoms with Crippen LogP contribution in [0, 0.1) is 5.92 Å². The number of aliphatic hydroxyl groups is 1. The fraction of sp³-hybridized carbons (Fsp3) is 1.00. The molecule has 2 heterocycles. The summed E-state index contributed by atoms with van der Waals surface area (Å²) in [5.41, 5.74) is 0. The molecule has 0 aromatic heterocycles. The van der Waals surface area contributed by atoms with Gasteiger partial charge in [0.25, 0.3) is 0 Å². The summed E-state index contributed by atoms with van der Waals surface area (Å²) in [4.78, 5) is 2.48. The third-order valence-electron chi connectivity index (χ3n) is 2.95. The van der Waals surface area contributed by atoms with Gasteiger partial charge in [0.05, 0.1) is 0 Å². The average molecular weight is 171 g/mol. The Morgan fingerprint density at radius 3 is 2.50 bits per heavy atom. The number of rotatable bonds is 2. The highest BCUT2D eigenvalue weighted by Gasteiger charge is 2.32. The Bertz CT molecular complexity index is 139. The third-order valence-corrected chi connectivity index (χ3v) is 2.95. The highest BCUT2D eigenvalue weighted by molar-refractivity contribution is 4.85. The predicted octanol–water partition coefficient (Wildman–Crippen LogP) is 0.0895. The van der Waals surface area contributed by atoms with E-state index in [9.17, 15) is 0 Å². The van der Waals surface area contributed by atoms with E-state index in [-0.39, 0.29) is 0 Å². The second-order valence-electron chi connectivity index (χ2n) is 3.85. The van der Waals surface area contributed by atoms with Crippen LogP contribution in [0.3, 0.4) is 0 Å². The molecule has 2 rings (SSSR count). The van der Waals surface area contributed by atoms with Gasteiger partial charge in [-0.2, -0.15) is 0 Å². The zero-order valence-electron chi connectivity index (χ0n) is 7.41. The summed E-state index contributed by atoms with van der Waals surface area (Å²) in [5, 5.41) is 8.85. The monoisotopic (exact) mass is 171 g/mol. The minimum Gasteiger partial charge on any atom is -0.396 e. The van der Waals surface area contributed by atoms with Crippen molar-refractivity contribution in [3.05, 3.63) is 0 Å². The molecule has 0 aromatic carbocycles. The standard InChI is InChI=1S/C9H17NO2/c11-7-8-5-10(6-8)9-1-3-12-4-2-9/h8-9,11H,1-7H2. The average Bonchev–Trinajstić information content (AvgIpc) is 2.04. The van der Waals surface area contributed by atoms with E-state index in [1.165, 1.54) is 12.8 Å². The quantitative estimate of drug-likeness (QED) is 0.639. The van der Waals surface area contributed by atoms with Crippen LogP contribution in [0.5, 0.6) is 0 Å². The minimum absolute atomic E-state index is 0.361. The maximum Gasteiger partial charge on any atom is 0.0483 e. The summed E-state index contributed by atoms with van der Waals surface area (Å²) in [6.45, 7) is 4.40. The van der Waals surface area contributed by atoms with E-state index < -0.39 is 0 Å². The number of aliphatic hydroxyl groups excluding tert-OH is 1. The van der Waals surface area contributed by atoms with E-state index in [0.717, 1.165) is 32.3 Å². The maximum absolute atomic E-state index is 8.85. The zero-order chi connectivity index (χ0) is 8.39. The lowest BCUT2D eigenvalue weighted by atomic mass is 9.95. The van der Waals surface area contributed by atoms with Gasteiger partial charge in [0.2, 0.25) is 0 Å². The first-order valence-corrected chi connectivity index (χ1v) is 4.83. The van der Waals surface area contributed by atoms with Crippen molar-refractivity contribution in [3.63, 3.8) is 0 Å². The summed E-state index contributed by atoms with van der Waals surface area (Å²) in [7, 11) is 0. The van der Waals surface area contributed by atoms with E-state index in [2.05, 4.69) is 4.90 Å². The molecule has 0 aliphatic carbocycles. The highest BCUT2D eigenvalue weighted by atomic mass is 16.5. The topological polar surface area (TPSA) is 32.7 Å². The normalized spacial score (nSPS) is 28.8. The molecule has 12 heavy (non-hydrogen) atoms. The van der Waals surface area contributed by atoms with Crippen molar-refractivity contribution in [1.82, 2.24) is 4.90 Å². The van der Waals surface area contributed by atoms with Crippen LogP contribution >= 0.6 is 0 Å². The van der Waals surface area contributed by atoms with Gasteiger partial charge < -0.3 is 9.84 Å². The molecular weight excluding hydrogens is 154 g/mol. The van der Waals surface area contributed by atoms with Crippen LogP contribution in [-0.4, -0.2) is 49.0 Å². The molecule has 2 aliphatic rings. The molecule has 2 saturated heterocycles. The molecule has 0 saturated carbocycles. The van der Waals surface area contributed by atoms with Crippen LogP contribution in [0.15, 0.2) is 0 Å². The van der Waals surface area contributed by atoms with Gasteiger partial charge in [-0.25, -0.2) is 0 Å². The summed E-state index contributed by atoms with van der Waals surface area (Å²) in [5.74, 6) is 0.549. The summed E-state index contributed by atoms with van der Waals surface area (Å²) in [6, 6.07) is 0.738. The smallest absolute Gasteiger partial charge is 0.0483 e. The maximum atomic E-state index is 8.85. The Balaban J connectivity index is 1.72. The minimum atomic E-state index is 0.361. The summed E-state index contributed by atoms with van der Waals surface area (Å²) >= 11 is 0. The van der Waals surface area contributed by atoms with Crippen molar-refractivity contribution in [2.75, 3.05) is 32.9 Å². The van der Waals surface area contributed by atoms with Crippen molar-refractivity contribution in [1.29, 1.82) is 0 Å². The Morgan fingerprint density at radius 2 is 1.92 bits per heavy atom. The van der Waals surface area contributed by atoms with Gasteiger partial charge in [-0.3, -0.25) is 4.90 Å². The van der Waals surface area contributed by atoms with E-state index in [4.69, 9.17) is 9.84 Å². The van der Waals surface area contributed by atoms with Crippen LogP contribution in [0.1, 0.15) is 12.8 Å². The lowest BCUT2D eigenvalue weighted by Gasteiger charge is -2.45. The van der Waals surface area contributed by atoms with Crippen LogP contribution < -0.4 is 0 Å². The number of nitrogens with zero attached hydrogens (tertiary/aromatic N) is 1. The Hall–Kier alpha value is -0.120. The summed E-state index contributed by atoms with van der Waals surface area (Å²) < 4.78 is 5.30. The molecule has 0 radical (unpaired) electrons. The molecule has 3 nitrogen and oxygen atoms in total. The van der Waals surface area contributed by atoms with E-state index in [0.29, 0.717) is 12.5 Å². The lowest BCUT2D eigenvalue weighted by molar-refractivity contribution is -0.0288. The SMILES string of the molecule is OCC1CN(C2CCOCC2)C1. The zero-order valence-corrected chi connectivity index (χ0v) is 7.41. The van der Waals surface area contributed by atoms with Gasteiger partial charge in [-0.1, -0.05) is 0 Å². The molecular formula is C9H17NO2. The molecule has 3 heteroatoms. The van der Waals surface area contributed by atoms with Crippen LogP contribution in [0.25, 0.3) is 0 Å². The van der Waals surface area contributed by atoms with Crippen molar-refractivity contribution < 1.29 is 9.84 Å². The fourth-order valence-corrected chi connectivity index (χ4v) is 2.07. The van der Waals surface area contributed by atoms with Gasteiger partial charge >= 0.3 is 0 Å². The Labute approximate surface area is 73.3 Å². The largest absolute Gasteiger partial charge is 0.396 e.